The lowest BCUT2D eigenvalue weighted by Crippen LogP contribution is -2.27. The van der Waals surface area contributed by atoms with E-state index in [4.69, 9.17) is 9.47 Å². The summed E-state index contributed by atoms with van der Waals surface area (Å²) in [4.78, 5) is 0. The molecule has 2 aromatic carbocycles. The van der Waals surface area contributed by atoms with Crippen LogP contribution in [0, 0.1) is 17.7 Å². The summed E-state index contributed by atoms with van der Waals surface area (Å²) in [5.41, 5.74) is 3.77. The standard InChI is InChI=1S/C33H47FO2/c1-3-5-7-8-9-11-26-23-35-33(36-24-26)29-18-16-28(17-19-29)31-21-20-30(22-32(31)34)27-14-12-25(13-15-27)10-6-4-2/h16-22,25-27,33H,3-15,23-24H2,1-2H3/t25-,26?,27-,33?. The molecule has 0 amide bonds. The molecule has 1 aliphatic heterocycles. The average molecular weight is 495 g/mol. The Kier molecular flexibility index (Phi) is 10.8. The first-order valence-corrected chi connectivity index (χ1v) is 14.8. The Morgan fingerprint density at radius 2 is 1.33 bits per heavy atom. The summed E-state index contributed by atoms with van der Waals surface area (Å²) in [6, 6.07) is 14.0. The number of ether oxygens (including phenoxy) is 2. The molecule has 0 bridgehead atoms. The third-order valence-electron chi connectivity index (χ3n) is 8.45. The predicted octanol–water partition coefficient (Wildman–Crippen LogP) is 9.98. The Balaban J connectivity index is 1.27. The van der Waals surface area contributed by atoms with E-state index < -0.39 is 0 Å². The second kappa shape index (κ2) is 14.3. The minimum Gasteiger partial charge on any atom is -0.348 e. The van der Waals surface area contributed by atoms with E-state index >= 15 is 4.39 Å². The maximum Gasteiger partial charge on any atom is 0.183 e. The number of benzene rings is 2. The van der Waals surface area contributed by atoms with E-state index in [0.29, 0.717) is 17.4 Å². The summed E-state index contributed by atoms with van der Waals surface area (Å²) in [6.45, 7) is 6.04. The van der Waals surface area contributed by atoms with Gasteiger partial charge in [-0.2, -0.15) is 0 Å². The van der Waals surface area contributed by atoms with Gasteiger partial charge in [0.2, 0.25) is 0 Å². The van der Waals surface area contributed by atoms with E-state index in [1.807, 2.05) is 30.3 Å². The first-order chi connectivity index (χ1) is 17.7. The van der Waals surface area contributed by atoms with E-state index in [0.717, 1.165) is 30.3 Å². The molecule has 2 aliphatic rings. The van der Waals surface area contributed by atoms with Gasteiger partial charge in [0.05, 0.1) is 13.2 Å². The van der Waals surface area contributed by atoms with E-state index in [9.17, 15) is 0 Å². The molecule has 0 atom stereocenters. The first kappa shape index (κ1) is 27.3. The highest BCUT2D eigenvalue weighted by molar-refractivity contribution is 5.65. The van der Waals surface area contributed by atoms with Gasteiger partial charge in [-0.15, -0.1) is 0 Å². The van der Waals surface area contributed by atoms with Crippen LogP contribution in [-0.4, -0.2) is 13.2 Å². The Hall–Kier alpha value is -1.71. The molecule has 4 rings (SSSR count). The van der Waals surface area contributed by atoms with Crippen molar-refractivity contribution >= 4 is 0 Å². The van der Waals surface area contributed by atoms with Crippen molar-refractivity contribution in [2.75, 3.05) is 13.2 Å². The fourth-order valence-electron chi connectivity index (χ4n) is 6.06. The maximum absolute atomic E-state index is 15.2. The number of hydrogen-bond donors (Lipinski definition) is 0. The van der Waals surface area contributed by atoms with Crippen LogP contribution in [0.1, 0.15) is 121 Å². The number of unbranched alkanes of at least 4 members (excludes halogenated alkanes) is 5. The van der Waals surface area contributed by atoms with Crippen LogP contribution in [0.4, 0.5) is 4.39 Å². The molecular formula is C33H47FO2. The fourth-order valence-corrected chi connectivity index (χ4v) is 6.06. The molecular weight excluding hydrogens is 447 g/mol. The van der Waals surface area contributed by atoms with Crippen LogP contribution in [0.3, 0.4) is 0 Å². The minimum atomic E-state index is -0.310. The quantitative estimate of drug-likeness (QED) is 0.273. The van der Waals surface area contributed by atoms with E-state index in [1.54, 1.807) is 6.07 Å². The molecule has 1 aliphatic carbocycles. The second-order valence-electron chi connectivity index (χ2n) is 11.3. The smallest absolute Gasteiger partial charge is 0.183 e. The summed E-state index contributed by atoms with van der Waals surface area (Å²) in [5, 5.41) is 0. The monoisotopic (exact) mass is 494 g/mol. The van der Waals surface area contributed by atoms with Gasteiger partial charge in [-0.05, 0) is 61.1 Å². The highest BCUT2D eigenvalue weighted by Crippen LogP contribution is 2.39. The largest absolute Gasteiger partial charge is 0.348 e. The summed E-state index contributed by atoms with van der Waals surface area (Å²) in [5.74, 6) is 1.78. The van der Waals surface area contributed by atoms with Gasteiger partial charge >= 0.3 is 0 Å². The second-order valence-corrected chi connectivity index (χ2v) is 11.3. The molecule has 36 heavy (non-hydrogen) atoms. The van der Waals surface area contributed by atoms with Crippen LogP contribution in [0.15, 0.2) is 42.5 Å². The van der Waals surface area contributed by atoms with Gasteiger partial charge in [-0.3, -0.25) is 0 Å². The van der Waals surface area contributed by atoms with Crippen molar-refractivity contribution in [2.45, 2.75) is 110 Å². The first-order valence-electron chi connectivity index (χ1n) is 14.8. The Labute approximate surface area is 219 Å². The van der Waals surface area contributed by atoms with Crippen molar-refractivity contribution in [3.63, 3.8) is 0 Å². The lowest BCUT2D eigenvalue weighted by Gasteiger charge is -2.30. The van der Waals surface area contributed by atoms with Crippen LogP contribution in [0.5, 0.6) is 0 Å². The Bertz CT molecular complexity index is 892. The highest BCUT2D eigenvalue weighted by atomic mass is 19.1. The van der Waals surface area contributed by atoms with Crippen molar-refractivity contribution in [1.29, 1.82) is 0 Å². The van der Waals surface area contributed by atoms with Gasteiger partial charge < -0.3 is 9.47 Å². The van der Waals surface area contributed by atoms with E-state index in [1.165, 1.54) is 89.0 Å². The summed E-state index contributed by atoms with van der Waals surface area (Å²) >= 11 is 0. The highest BCUT2D eigenvalue weighted by Gasteiger charge is 2.24. The third-order valence-corrected chi connectivity index (χ3v) is 8.45. The molecule has 0 radical (unpaired) electrons. The minimum absolute atomic E-state index is 0.111. The Morgan fingerprint density at radius 1 is 0.694 bits per heavy atom. The molecule has 1 saturated heterocycles. The van der Waals surface area contributed by atoms with Gasteiger partial charge in [-0.25, -0.2) is 4.39 Å². The van der Waals surface area contributed by atoms with Crippen LogP contribution >= 0.6 is 0 Å². The number of rotatable bonds is 12. The van der Waals surface area contributed by atoms with Gasteiger partial charge in [0.25, 0.3) is 0 Å². The van der Waals surface area contributed by atoms with E-state index in [-0.39, 0.29) is 12.1 Å². The van der Waals surface area contributed by atoms with Crippen molar-refractivity contribution in [2.24, 2.45) is 11.8 Å². The van der Waals surface area contributed by atoms with Crippen molar-refractivity contribution in [3.8, 4) is 11.1 Å². The lowest BCUT2D eigenvalue weighted by atomic mass is 9.77. The van der Waals surface area contributed by atoms with Gasteiger partial charge in [0, 0.05) is 17.0 Å². The zero-order valence-corrected chi connectivity index (χ0v) is 22.7. The van der Waals surface area contributed by atoms with Gasteiger partial charge in [-0.1, -0.05) is 102 Å². The molecule has 2 aromatic rings. The predicted molar refractivity (Wildman–Crippen MR) is 148 cm³/mol. The van der Waals surface area contributed by atoms with Crippen molar-refractivity contribution < 1.29 is 13.9 Å². The average Bonchev–Trinajstić information content (AvgIpc) is 2.92. The van der Waals surface area contributed by atoms with Crippen molar-refractivity contribution in [3.05, 3.63) is 59.4 Å². The molecule has 1 saturated carbocycles. The van der Waals surface area contributed by atoms with Crippen LogP contribution in [-0.2, 0) is 9.47 Å². The SMILES string of the molecule is CCCCCCCC1COC(c2ccc(-c3ccc([C@H]4CC[C@H](CCCC)CC4)cc3F)cc2)OC1. The zero-order chi connectivity index (χ0) is 25.2. The summed E-state index contributed by atoms with van der Waals surface area (Å²) in [6.07, 6.45) is 16.4. The maximum atomic E-state index is 15.2. The van der Waals surface area contributed by atoms with Crippen LogP contribution in [0.2, 0.25) is 0 Å². The van der Waals surface area contributed by atoms with Crippen molar-refractivity contribution in [1.82, 2.24) is 0 Å². The molecule has 2 fully saturated rings. The molecule has 0 aromatic heterocycles. The third kappa shape index (κ3) is 7.65. The van der Waals surface area contributed by atoms with Crippen LogP contribution in [0.25, 0.3) is 11.1 Å². The Morgan fingerprint density at radius 3 is 2.00 bits per heavy atom. The fraction of sp³-hybridized carbons (Fsp3) is 0.636. The van der Waals surface area contributed by atoms with E-state index in [2.05, 4.69) is 19.9 Å². The molecule has 3 heteroatoms. The topological polar surface area (TPSA) is 18.5 Å². The summed E-state index contributed by atoms with van der Waals surface area (Å²) in [7, 11) is 0. The molecule has 0 unspecified atom stereocenters. The zero-order valence-electron chi connectivity index (χ0n) is 22.7. The summed E-state index contributed by atoms with van der Waals surface area (Å²) < 4.78 is 27.2. The van der Waals surface area contributed by atoms with Crippen LogP contribution < -0.4 is 0 Å². The van der Waals surface area contributed by atoms with Gasteiger partial charge in [0.15, 0.2) is 6.29 Å². The number of halogens is 1. The molecule has 0 N–H and O–H groups in total. The normalized spacial score (nSPS) is 24.6. The molecule has 0 spiro atoms. The molecule has 198 valence electrons. The lowest BCUT2D eigenvalue weighted by molar-refractivity contribution is -0.206. The molecule has 2 nitrogen and oxygen atoms in total. The molecule has 1 heterocycles. The van der Waals surface area contributed by atoms with Gasteiger partial charge in [0.1, 0.15) is 5.82 Å². The number of hydrogen-bond acceptors (Lipinski definition) is 2.